The van der Waals surface area contributed by atoms with Gasteiger partial charge < -0.3 is 4.57 Å². The first-order valence-electron chi connectivity index (χ1n) is 4.76. The number of para-hydroxylation sites is 1. The number of rotatable bonds is 1. The quantitative estimate of drug-likeness (QED) is 0.597. The molecule has 0 saturated heterocycles. The van der Waals surface area contributed by atoms with Gasteiger partial charge in [-0.25, -0.2) is 9.67 Å². The molecule has 0 amide bonds. The van der Waals surface area contributed by atoms with Crippen molar-refractivity contribution in [1.82, 2.24) is 19.3 Å². The molecule has 0 bridgehead atoms. The molecule has 3 aromatic rings. The van der Waals surface area contributed by atoms with Gasteiger partial charge in [0.2, 0.25) is 0 Å². The van der Waals surface area contributed by atoms with Crippen LogP contribution in [0, 0.1) is 0 Å². The Hall–Kier alpha value is -2.10. The SMILES string of the molecule is Cn1c(-n2cncn2)cc2ccccc21. The van der Waals surface area contributed by atoms with Gasteiger partial charge in [0.15, 0.2) is 0 Å². The summed E-state index contributed by atoms with van der Waals surface area (Å²) in [4.78, 5) is 3.95. The van der Waals surface area contributed by atoms with Crippen LogP contribution in [0.4, 0.5) is 0 Å². The molecule has 0 aliphatic heterocycles. The van der Waals surface area contributed by atoms with Gasteiger partial charge in [-0.3, -0.25) is 0 Å². The molecule has 0 fully saturated rings. The summed E-state index contributed by atoms with van der Waals surface area (Å²) >= 11 is 0. The molecule has 3 rings (SSSR count). The lowest BCUT2D eigenvalue weighted by atomic mass is 10.2. The molecule has 15 heavy (non-hydrogen) atoms. The van der Waals surface area contributed by atoms with Gasteiger partial charge in [-0.05, 0) is 12.1 Å². The Bertz CT molecular complexity index is 592. The molecule has 0 saturated carbocycles. The predicted octanol–water partition coefficient (Wildman–Crippen LogP) is 1.76. The van der Waals surface area contributed by atoms with Crippen LogP contribution in [-0.4, -0.2) is 19.3 Å². The number of hydrogen-bond donors (Lipinski definition) is 0. The third kappa shape index (κ3) is 1.15. The van der Waals surface area contributed by atoms with Crippen molar-refractivity contribution in [2.75, 3.05) is 0 Å². The first-order chi connectivity index (χ1) is 7.36. The Morgan fingerprint density at radius 1 is 1.20 bits per heavy atom. The number of aromatic nitrogens is 4. The average Bonchev–Trinajstić information content (AvgIpc) is 2.87. The molecule has 4 nitrogen and oxygen atoms in total. The number of aryl methyl sites for hydroxylation is 1. The van der Waals surface area contributed by atoms with Crippen LogP contribution in [-0.2, 0) is 7.05 Å². The van der Waals surface area contributed by atoms with Crippen LogP contribution in [0.2, 0.25) is 0 Å². The van der Waals surface area contributed by atoms with Gasteiger partial charge in [0, 0.05) is 18.0 Å². The van der Waals surface area contributed by atoms with Gasteiger partial charge in [0.25, 0.3) is 0 Å². The fourth-order valence-electron chi connectivity index (χ4n) is 1.82. The van der Waals surface area contributed by atoms with E-state index in [9.17, 15) is 0 Å². The summed E-state index contributed by atoms with van der Waals surface area (Å²) in [6.45, 7) is 0. The summed E-state index contributed by atoms with van der Waals surface area (Å²) in [5.74, 6) is 1.02. The molecule has 2 aromatic heterocycles. The molecule has 0 atom stereocenters. The van der Waals surface area contributed by atoms with E-state index >= 15 is 0 Å². The first-order valence-corrected chi connectivity index (χ1v) is 4.76. The van der Waals surface area contributed by atoms with Gasteiger partial charge in [-0.2, -0.15) is 5.10 Å². The smallest absolute Gasteiger partial charge is 0.138 e. The zero-order valence-electron chi connectivity index (χ0n) is 8.33. The second kappa shape index (κ2) is 2.95. The standard InChI is InChI=1S/C11H10N4/c1-14-10-5-3-2-4-9(10)6-11(14)15-8-12-7-13-15/h2-8H,1H3. The summed E-state index contributed by atoms with van der Waals surface area (Å²) in [6.07, 6.45) is 3.24. The third-order valence-electron chi connectivity index (χ3n) is 2.58. The highest BCUT2D eigenvalue weighted by atomic mass is 15.4. The minimum atomic E-state index is 1.02. The first kappa shape index (κ1) is 8.23. The van der Waals surface area contributed by atoms with Crippen molar-refractivity contribution >= 4 is 10.9 Å². The molecule has 0 radical (unpaired) electrons. The maximum absolute atomic E-state index is 4.13. The fourth-order valence-corrected chi connectivity index (χ4v) is 1.82. The van der Waals surface area contributed by atoms with Gasteiger partial charge in [0.05, 0.1) is 0 Å². The van der Waals surface area contributed by atoms with Gasteiger partial charge in [-0.15, -0.1) is 0 Å². The number of nitrogens with zero attached hydrogens (tertiary/aromatic N) is 4. The molecular formula is C11H10N4. The van der Waals surface area contributed by atoms with Gasteiger partial charge >= 0.3 is 0 Å². The van der Waals surface area contributed by atoms with Gasteiger partial charge in [-0.1, -0.05) is 18.2 Å². The Morgan fingerprint density at radius 2 is 2.07 bits per heavy atom. The summed E-state index contributed by atoms with van der Waals surface area (Å²) in [6, 6.07) is 10.4. The van der Waals surface area contributed by atoms with Crippen LogP contribution in [0.3, 0.4) is 0 Å². The molecule has 74 valence electrons. The summed E-state index contributed by atoms with van der Waals surface area (Å²) in [7, 11) is 2.03. The van der Waals surface area contributed by atoms with Crippen molar-refractivity contribution in [2.45, 2.75) is 0 Å². The lowest BCUT2D eigenvalue weighted by molar-refractivity contribution is 0.786. The van der Waals surface area contributed by atoms with Crippen molar-refractivity contribution in [2.24, 2.45) is 7.05 Å². The van der Waals surface area contributed by atoms with E-state index in [4.69, 9.17) is 0 Å². The van der Waals surface area contributed by atoms with Gasteiger partial charge in [0.1, 0.15) is 18.5 Å². The average molecular weight is 198 g/mol. The second-order valence-corrected chi connectivity index (χ2v) is 3.46. The highest BCUT2D eigenvalue weighted by Gasteiger charge is 2.06. The predicted molar refractivity (Wildman–Crippen MR) is 57.8 cm³/mol. The Labute approximate surface area is 86.8 Å². The van der Waals surface area contributed by atoms with E-state index in [-0.39, 0.29) is 0 Å². The Morgan fingerprint density at radius 3 is 2.80 bits per heavy atom. The lowest BCUT2D eigenvalue weighted by Gasteiger charge is -2.02. The fraction of sp³-hybridized carbons (Fsp3) is 0.0909. The summed E-state index contributed by atoms with van der Waals surface area (Å²) in [5, 5.41) is 5.34. The second-order valence-electron chi connectivity index (χ2n) is 3.46. The van der Waals surface area contributed by atoms with E-state index in [1.165, 1.54) is 17.2 Å². The number of benzene rings is 1. The highest BCUT2D eigenvalue weighted by molar-refractivity contribution is 5.82. The molecule has 0 spiro atoms. The van der Waals surface area contributed by atoms with Crippen LogP contribution < -0.4 is 0 Å². The Balaban J connectivity index is 2.33. The third-order valence-corrected chi connectivity index (χ3v) is 2.58. The maximum Gasteiger partial charge on any atom is 0.138 e. The largest absolute Gasteiger partial charge is 0.329 e. The minimum absolute atomic E-state index is 1.02. The zero-order valence-corrected chi connectivity index (χ0v) is 8.33. The molecule has 1 aromatic carbocycles. The van der Waals surface area contributed by atoms with E-state index in [2.05, 4.69) is 32.8 Å². The Kier molecular flexibility index (Phi) is 1.62. The van der Waals surface area contributed by atoms with E-state index in [0.29, 0.717) is 0 Å². The van der Waals surface area contributed by atoms with Crippen LogP contribution >= 0.6 is 0 Å². The maximum atomic E-state index is 4.13. The van der Waals surface area contributed by atoms with E-state index in [0.717, 1.165) is 5.82 Å². The van der Waals surface area contributed by atoms with Crippen LogP contribution in [0.5, 0.6) is 0 Å². The monoisotopic (exact) mass is 198 g/mol. The van der Waals surface area contributed by atoms with Crippen molar-refractivity contribution in [1.29, 1.82) is 0 Å². The molecule has 0 aliphatic carbocycles. The van der Waals surface area contributed by atoms with Crippen LogP contribution in [0.15, 0.2) is 43.0 Å². The normalized spacial score (nSPS) is 11.0. The molecule has 2 heterocycles. The summed E-state index contributed by atoms with van der Waals surface area (Å²) < 4.78 is 3.87. The van der Waals surface area contributed by atoms with E-state index in [1.54, 1.807) is 11.0 Å². The minimum Gasteiger partial charge on any atom is -0.329 e. The lowest BCUT2D eigenvalue weighted by Crippen LogP contribution is -2.01. The van der Waals surface area contributed by atoms with E-state index in [1.807, 2.05) is 19.2 Å². The molecule has 0 aliphatic rings. The number of hydrogen-bond acceptors (Lipinski definition) is 2. The topological polar surface area (TPSA) is 35.6 Å². The molecule has 4 heteroatoms. The van der Waals surface area contributed by atoms with Crippen molar-refractivity contribution in [3.8, 4) is 5.82 Å². The highest BCUT2D eigenvalue weighted by Crippen LogP contribution is 2.20. The van der Waals surface area contributed by atoms with Crippen LogP contribution in [0.1, 0.15) is 0 Å². The van der Waals surface area contributed by atoms with Crippen molar-refractivity contribution < 1.29 is 0 Å². The number of fused-ring (bicyclic) bond motifs is 1. The summed E-state index contributed by atoms with van der Waals surface area (Å²) in [5.41, 5.74) is 1.20. The van der Waals surface area contributed by atoms with E-state index < -0.39 is 0 Å². The molecule has 0 N–H and O–H groups in total. The molecular weight excluding hydrogens is 188 g/mol. The zero-order chi connectivity index (χ0) is 10.3. The van der Waals surface area contributed by atoms with Crippen LogP contribution in [0.25, 0.3) is 16.7 Å². The van der Waals surface area contributed by atoms with Crippen molar-refractivity contribution in [3.63, 3.8) is 0 Å². The molecule has 0 unspecified atom stereocenters. The van der Waals surface area contributed by atoms with Crippen molar-refractivity contribution in [3.05, 3.63) is 43.0 Å².